The number of likely N-dealkylation sites (N-methyl/N-ethyl adjacent to an activating group) is 1. The second kappa shape index (κ2) is 11.4. The molecule has 2 amide bonds. The third kappa shape index (κ3) is 5.63. The van der Waals surface area contributed by atoms with Crippen LogP contribution in [-0.2, 0) is 9.53 Å². The van der Waals surface area contributed by atoms with Crippen molar-refractivity contribution in [1.82, 2.24) is 15.1 Å². The van der Waals surface area contributed by atoms with E-state index in [0.717, 1.165) is 0 Å². The Morgan fingerprint density at radius 3 is 2.91 bits per heavy atom. The summed E-state index contributed by atoms with van der Waals surface area (Å²) in [5, 5.41) is 21.1. The number of fused-ring (bicyclic) bond motifs is 1. The van der Waals surface area contributed by atoms with Crippen molar-refractivity contribution in [1.29, 1.82) is 5.26 Å². The van der Waals surface area contributed by atoms with Gasteiger partial charge in [0.2, 0.25) is 11.9 Å². The minimum atomic E-state index is -0.588. The molecule has 1 aromatic rings. The van der Waals surface area contributed by atoms with Crippen molar-refractivity contribution in [2.45, 2.75) is 19.5 Å². The highest BCUT2D eigenvalue weighted by atomic mass is 16.5. The number of nitrogens with one attached hydrogen (secondary N) is 1. The van der Waals surface area contributed by atoms with E-state index in [2.05, 4.69) is 15.3 Å². The maximum absolute atomic E-state index is 12.8. The van der Waals surface area contributed by atoms with Crippen LogP contribution < -0.4 is 5.32 Å². The molecular formula is C23H28N6O4. The minimum Gasteiger partial charge on any atom is -0.395 e. The number of rotatable bonds is 9. The van der Waals surface area contributed by atoms with Gasteiger partial charge in [-0.3, -0.25) is 19.9 Å². The van der Waals surface area contributed by atoms with Gasteiger partial charge in [-0.05, 0) is 37.6 Å². The standard InChI is InChI=1S/C23H28N6O4/c1-3-28(9-10-30)22(32)18-13-19-20(25-15-18)29(8-5-11-33-2)23(26-19)27-21(31)17-7-4-6-16(12-17)14-24/h4,6-7,12-13,15,18,20,30H,3,5,8-11H2,1-2H3,(H,26,27,31). The number of benzene rings is 1. The number of hydrogen-bond donors (Lipinski definition) is 2. The molecule has 0 saturated carbocycles. The highest BCUT2D eigenvalue weighted by Crippen LogP contribution is 2.27. The predicted octanol–water partition coefficient (Wildman–Crippen LogP) is 0.748. The predicted molar refractivity (Wildman–Crippen MR) is 122 cm³/mol. The van der Waals surface area contributed by atoms with Crippen molar-refractivity contribution in [3.8, 4) is 6.07 Å². The van der Waals surface area contributed by atoms with E-state index in [1.165, 1.54) is 6.07 Å². The van der Waals surface area contributed by atoms with Gasteiger partial charge in [0.15, 0.2) is 6.17 Å². The highest BCUT2D eigenvalue weighted by Gasteiger charge is 2.36. The third-order valence-corrected chi connectivity index (χ3v) is 5.38. The van der Waals surface area contributed by atoms with Crippen molar-refractivity contribution in [3.05, 3.63) is 47.2 Å². The Hall–Kier alpha value is -3.55. The SMILES string of the molecule is CCN(CCO)C(=O)C1C=NC2C(=C1)N=C(NC(=O)c1cccc(C#N)c1)N2CCCOC. The maximum Gasteiger partial charge on any atom is 0.258 e. The fourth-order valence-electron chi connectivity index (χ4n) is 3.70. The number of methoxy groups -OCH3 is 1. The number of hydrogen-bond acceptors (Lipinski definition) is 8. The van der Waals surface area contributed by atoms with Crippen molar-refractivity contribution in [2.75, 3.05) is 40.0 Å². The molecule has 0 radical (unpaired) electrons. The molecule has 0 fully saturated rings. The first kappa shape index (κ1) is 24.1. The van der Waals surface area contributed by atoms with E-state index in [-0.39, 0.29) is 19.1 Å². The number of carbonyl (C=O) groups is 2. The molecule has 174 valence electrons. The molecule has 2 aliphatic rings. The molecule has 10 nitrogen and oxygen atoms in total. The van der Waals surface area contributed by atoms with Crippen molar-refractivity contribution >= 4 is 24.0 Å². The Kier molecular flexibility index (Phi) is 8.29. The molecule has 1 aromatic carbocycles. The Labute approximate surface area is 192 Å². The molecule has 3 rings (SSSR count). The van der Waals surface area contributed by atoms with Gasteiger partial charge in [0, 0.05) is 45.1 Å². The smallest absolute Gasteiger partial charge is 0.258 e. The van der Waals surface area contributed by atoms with Gasteiger partial charge >= 0.3 is 0 Å². The van der Waals surface area contributed by atoms with Crippen LogP contribution in [0.5, 0.6) is 0 Å². The van der Waals surface area contributed by atoms with Gasteiger partial charge < -0.3 is 19.6 Å². The number of carbonyl (C=O) groups excluding carboxylic acids is 2. The lowest BCUT2D eigenvalue weighted by molar-refractivity contribution is -0.132. The second-order valence-corrected chi connectivity index (χ2v) is 7.55. The van der Waals surface area contributed by atoms with Gasteiger partial charge in [-0.15, -0.1) is 0 Å². The fourth-order valence-corrected chi connectivity index (χ4v) is 3.70. The first-order chi connectivity index (χ1) is 16.0. The van der Waals surface area contributed by atoms with Crippen LogP contribution in [-0.4, -0.2) is 85.0 Å². The van der Waals surface area contributed by atoms with Crippen molar-refractivity contribution in [3.63, 3.8) is 0 Å². The van der Waals surface area contributed by atoms with Gasteiger partial charge in [0.05, 0.1) is 29.9 Å². The monoisotopic (exact) mass is 452 g/mol. The van der Waals surface area contributed by atoms with Crippen molar-refractivity contribution in [2.24, 2.45) is 15.9 Å². The zero-order valence-corrected chi connectivity index (χ0v) is 18.8. The summed E-state index contributed by atoms with van der Waals surface area (Å²) >= 11 is 0. The lowest BCUT2D eigenvalue weighted by Crippen LogP contribution is -2.46. The summed E-state index contributed by atoms with van der Waals surface area (Å²) in [6.45, 7) is 3.54. The summed E-state index contributed by atoms with van der Waals surface area (Å²) in [5.41, 5.74) is 1.31. The Balaban J connectivity index is 1.83. The van der Waals surface area contributed by atoms with E-state index >= 15 is 0 Å². The molecule has 33 heavy (non-hydrogen) atoms. The third-order valence-electron chi connectivity index (χ3n) is 5.38. The quantitative estimate of drug-likeness (QED) is 0.532. The Morgan fingerprint density at radius 2 is 2.21 bits per heavy atom. The van der Waals surface area contributed by atoms with Gasteiger partial charge in [-0.1, -0.05) is 6.07 Å². The average molecular weight is 453 g/mol. The van der Waals surface area contributed by atoms with Gasteiger partial charge in [0.25, 0.3) is 5.91 Å². The van der Waals surface area contributed by atoms with E-state index in [1.54, 1.807) is 42.5 Å². The summed E-state index contributed by atoms with van der Waals surface area (Å²) < 4.78 is 5.15. The zero-order valence-electron chi connectivity index (χ0n) is 18.8. The highest BCUT2D eigenvalue weighted by molar-refractivity contribution is 6.07. The molecule has 2 unspecified atom stereocenters. The molecule has 0 aromatic heterocycles. The molecule has 10 heteroatoms. The minimum absolute atomic E-state index is 0.114. The maximum atomic E-state index is 12.8. The van der Waals surface area contributed by atoms with E-state index in [1.807, 2.05) is 17.9 Å². The zero-order chi connectivity index (χ0) is 23.8. The first-order valence-electron chi connectivity index (χ1n) is 10.8. The number of guanidine groups is 1. The Bertz CT molecular complexity index is 1010. The van der Waals surface area contributed by atoms with Crippen LogP contribution in [0, 0.1) is 17.2 Å². The number of nitriles is 1. The summed E-state index contributed by atoms with van der Waals surface area (Å²) in [6, 6.07) is 8.44. The van der Waals surface area contributed by atoms with Gasteiger partial charge in [-0.2, -0.15) is 5.26 Å². The molecule has 2 N–H and O–H groups in total. The van der Waals surface area contributed by atoms with Crippen LogP contribution in [0.4, 0.5) is 0 Å². The normalized spacial score (nSPS) is 18.8. The number of amides is 2. The van der Waals surface area contributed by atoms with Crippen LogP contribution >= 0.6 is 0 Å². The van der Waals surface area contributed by atoms with Crippen LogP contribution in [0.1, 0.15) is 29.3 Å². The first-order valence-corrected chi connectivity index (χ1v) is 10.8. The average Bonchev–Trinajstić information content (AvgIpc) is 3.18. The molecule has 2 atom stereocenters. The Morgan fingerprint density at radius 1 is 1.39 bits per heavy atom. The number of aliphatic hydroxyl groups is 1. The lowest BCUT2D eigenvalue weighted by Gasteiger charge is -2.28. The topological polar surface area (TPSA) is 131 Å². The largest absolute Gasteiger partial charge is 0.395 e. The van der Waals surface area contributed by atoms with Crippen LogP contribution in [0.3, 0.4) is 0 Å². The molecular weight excluding hydrogens is 424 g/mol. The van der Waals surface area contributed by atoms with Crippen LogP contribution in [0.2, 0.25) is 0 Å². The number of ether oxygens (including phenoxy) is 1. The van der Waals surface area contributed by atoms with Crippen LogP contribution in [0.25, 0.3) is 0 Å². The van der Waals surface area contributed by atoms with Crippen molar-refractivity contribution < 1.29 is 19.4 Å². The van der Waals surface area contributed by atoms with E-state index in [0.29, 0.717) is 48.9 Å². The summed E-state index contributed by atoms with van der Waals surface area (Å²) in [7, 11) is 1.62. The van der Waals surface area contributed by atoms with E-state index < -0.39 is 18.0 Å². The lowest BCUT2D eigenvalue weighted by atomic mass is 10.0. The molecule has 0 spiro atoms. The number of dihydropyridines is 1. The molecule has 2 heterocycles. The number of nitrogens with zero attached hydrogens (tertiary/aromatic N) is 5. The summed E-state index contributed by atoms with van der Waals surface area (Å²) in [6.07, 6.45) is 3.59. The van der Waals surface area contributed by atoms with E-state index in [9.17, 15) is 14.7 Å². The van der Waals surface area contributed by atoms with Gasteiger partial charge in [-0.25, -0.2) is 4.99 Å². The molecule has 0 saturated heterocycles. The van der Waals surface area contributed by atoms with Crippen LogP contribution in [0.15, 0.2) is 46.0 Å². The fraction of sp³-hybridized carbons (Fsp3) is 0.435. The second-order valence-electron chi connectivity index (χ2n) is 7.55. The number of aliphatic hydroxyl groups excluding tert-OH is 1. The molecule has 2 aliphatic heterocycles. The summed E-state index contributed by atoms with van der Waals surface area (Å²) in [4.78, 5) is 38.2. The number of aliphatic imine (C=N–C) groups is 2. The summed E-state index contributed by atoms with van der Waals surface area (Å²) in [5.74, 6) is -0.802. The van der Waals surface area contributed by atoms with Gasteiger partial charge in [0.1, 0.15) is 0 Å². The molecule has 0 aliphatic carbocycles. The molecule has 0 bridgehead atoms. The van der Waals surface area contributed by atoms with E-state index in [4.69, 9.17) is 10.00 Å².